The number of aryl methyl sites for hydroxylation is 2. The van der Waals surface area contributed by atoms with E-state index in [1.807, 2.05) is 0 Å². The molecule has 0 radical (unpaired) electrons. The average molecular weight is 612 g/mol. The zero-order valence-electron chi connectivity index (χ0n) is 24.1. The van der Waals surface area contributed by atoms with Crippen molar-refractivity contribution in [1.82, 2.24) is 0 Å². The molecule has 0 bridgehead atoms. The molecular formula is C42H28Se. The third-order valence-corrected chi connectivity index (χ3v) is 12.0. The standard InChI is InChI=1S/C42H28Se/c1-25-27-13-3-7-17-31(27)39(32-18-8-4-14-28(25)32)35-21-12-24-38-41(35)37-23-11-22-36(42(37)43-38)40-33-19-9-5-15-29(33)26(2)30-16-6-10-20-34(30)40/h3-24H,1-2H3. The van der Waals surface area contributed by atoms with E-state index < -0.39 is 0 Å². The molecule has 0 nitrogen and oxygen atoms in total. The van der Waals surface area contributed by atoms with Gasteiger partial charge in [-0.15, -0.1) is 0 Å². The summed E-state index contributed by atoms with van der Waals surface area (Å²) < 4.78 is 2.97. The van der Waals surface area contributed by atoms with Gasteiger partial charge in [0.2, 0.25) is 0 Å². The van der Waals surface area contributed by atoms with Crippen LogP contribution in [0.25, 0.3) is 84.6 Å². The molecular weight excluding hydrogens is 583 g/mol. The Balaban J connectivity index is 1.44. The summed E-state index contributed by atoms with van der Waals surface area (Å²) in [6.45, 7) is 4.54. The maximum absolute atomic E-state index is 2.37. The second kappa shape index (κ2) is 9.41. The molecule has 0 aliphatic heterocycles. The molecule has 9 rings (SSSR count). The van der Waals surface area contributed by atoms with Gasteiger partial charge in [-0.05, 0) is 0 Å². The summed E-state index contributed by atoms with van der Waals surface area (Å²) in [5, 5.41) is 13.5. The summed E-state index contributed by atoms with van der Waals surface area (Å²) in [4.78, 5) is 0. The molecule has 202 valence electrons. The second-order valence-corrected chi connectivity index (χ2v) is 13.9. The van der Waals surface area contributed by atoms with Gasteiger partial charge in [0, 0.05) is 0 Å². The van der Waals surface area contributed by atoms with E-state index in [9.17, 15) is 0 Å². The number of hydrogen-bond donors (Lipinski definition) is 0. The first-order valence-corrected chi connectivity index (χ1v) is 16.7. The molecule has 9 aromatic rings. The predicted octanol–water partition coefficient (Wildman–Crippen LogP) is 11.6. The van der Waals surface area contributed by atoms with Gasteiger partial charge in [0.05, 0.1) is 0 Å². The van der Waals surface area contributed by atoms with Crippen LogP contribution in [0.2, 0.25) is 0 Å². The molecule has 0 aliphatic rings. The van der Waals surface area contributed by atoms with Crippen LogP contribution < -0.4 is 0 Å². The average Bonchev–Trinajstić information content (AvgIpc) is 3.45. The molecule has 0 fully saturated rings. The molecule has 0 unspecified atom stereocenters. The minimum absolute atomic E-state index is 0.195. The van der Waals surface area contributed by atoms with Crippen molar-refractivity contribution in [2.24, 2.45) is 0 Å². The molecule has 43 heavy (non-hydrogen) atoms. The van der Waals surface area contributed by atoms with E-state index in [1.165, 1.54) is 95.8 Å². The fourth-order valence-corrected chi connectivity index (χ4v) is 10.1. The fraction of sp³-hybridized carbons (Fsp3) is 0.0476. The van der Waals surface area contributed by atoms with Gasteiger partial charge < -0.3 is 0 Å². The molecule has 1 heterocycles. The molecule has 0 N–H and O–H groups in total. The molecule has 1 aromatic heterocycles. The first-order chi connectivity index (χ1) is 21.2. The van der Waals surface area contributed by atoms with Gasteiger partial charge in [-0.2, -0.15) is 0 Å². The van der Waals surface area contributed by atoms with Crippen LogP contribution in [0.5, 0.6) is 0 Å². The van der Waals surface area contributed by atoms with E-state index in [0.717, 1.165) is 0 Å². The van der Waals surface area contributed by atoms with Crippen molar-refractivity contribution >= 4 is 76.9 Å². The normalized spacial score (nSPS) is 12.0. The van der Waals surface area contributed by atoms with Crippen LogP contribution in [0.15, 0.2) is 133 Å². The fourth-order valence-electron chi connectivity index (χ4n) is 7.53. The van der Waals surface area contributed by atoms with E-state index in [1.54, 1.807) is 0 Å². The third kappa shape index (κ3) is 3.50. The number of benzene rings is 8. The van der Waals surface area contributed by atoms with Crippen molar-refractivity contribution in [2.75, 3.05) is 0 Å². The quantitative estimate of drug-likeness (QED) is 0.135. The van der Waals surface area contributed by atoms with E-state index in [-0.39, 0.29) is 14.5 Å². The Morgan fingerprint density at radius 1 is 0.349 bits per heavy atom. The Hall–Kier alpha value is -4.68. The van der Waals surface area contributed by atoms with Crippen LogP contribution in [-0.4, -0.2) is 14.5 Å². The number of hydrogen-bond acceptors (Lipinski definition) is 0. The summed E-state index contributed by atoms with van der Waals surface area (Å²) in [6, 6.07) is 49.9. The van der Waals surface area contributed by atoms with Crippen LogP contribution in [0.4, 0.5) is 0 Å². The molecule has 0 amide bonds. The first-order valence-electron chi connectivity index (χ1n) is 15.0. The van der Waals surface area contributed by atoms with Crippen LogP contribution in [-0.2, 0) is 0 Å². The molecule has 0 saturated carbocycles. The van der Waals surface area contributed by atoms with Crippen molar-refractivity contribution in [3.63, 3.8) is 0 Å². The zero-order valence-corrected chi connectivity index (χ0v) is 25.8. The number of fused-ring (bicyclic) bond motifs is 7. The molecule has 1 heteroatoms. The van der Waals surface area contributed by atoms with Crippen molar-refractivity contribution in [3.8, 4) is 22.3 Å². The Kier molecular flexibility index (Phi) is 5.45. The molecule has 8 aromatic carbocycles. The van der Waals surface area contributed by atoms with E-state index in [4.69, 9.17) is 0 Å². The molecule has 0 atom stereocenters. The summed E-state index contributed by atoms with van der Waals surface area (Å²) in [6.07, 6.45) is 0. The minimum atomic E-state index is 0.195. The van der Waals surface area contributed by atoms with E-state index in [2.05, 4.69) is 147 Å². The van der Waals surface area contributed by atoms with Crippen molar-refractivity contribution in [1.29, 1.82) is 0 Å². The molecule has 0 aliphatic carbocycles. The van der Waals surface area contributed by atoms with Gasteiger partial charge in [0.25, 0.3) is 0 Å². The monoisotopic (exact) mass is 612 g/mol. The van der Waals surface area contributed by atoms with Crippen molar-refractivity contribution in [2.45, 2.75) is 13.8 Å². The Labute approximate surface area is 256 Å². The van der Waals surface area contributed by atoms with Crippen LogP contribution >= 0.6 is 0 Å². The Bertz CT molecular complexity index is 2470. The summed E-state index contributed by atoms with van der Waals surface area (Å²) >= 11 is 0.195. The number of rotatable bonds is 2. The van der Waals surface area contributed by atoms with Crippen LogP contribution in [0, 0.1) is 13.8 Å². The van der Waals surface area contributed by atoms with Crippen molar-refractivity contribution < 1.29 is 0 Å². The summed E-state index contributed by atoms with van der Waals surface area (Å²) in [5.41, 5.74) is 8.17. The SMILES string of the molecule is Cc1c2ccccc2c(-c2cccc3c2[se]c2cccc(-c4c5ccccc5c(C)c5ccccc45)c23)c2ccccc12. The van der Waals surface area contributed by atoms with Gasteiger partial charge in [0.1, 0.15) is 0 Å². The van der Waals surface area contributed by atoms with Gasteiger partial charge in [0.15, 0.2) is 0 Å². The van der Waals surface area contributed by atoms with E-state index in [0.29, 0.717) is 0 Å². The first kappa shape index (κ1) is 24.9. The predicted molar refractivity (Wildman–Crippen MR) is 189 cm³/mol. The zero-order chi connectivity index (χ0) is 28.7. The van der Waals surface area contributed by atoms with Gasteiger partial charge >= 0.3 is 258 Å². The van der Waals surface area contributed by atoms with Gasteiger partial charge in [-0.1, -0.05) is 0 Å². The van der Waals surface area contributed by atoms with Crippen molar-refractivity contribution in [3.05, 3.63) is 145 Å². The van der Waals surface area contributed by atoms with Crippen LogP contribution in [0.3, 0.4) is 0 Å². The Morgan fingerprint density at radius 2 is 0.721 bits per heavy atom. The van der Waals surface area contributed by atoms with Gasteiger partial charge in [-0.3, -0.25) is 0 Å². The molecule has 0 spiro atoms. The Morgan fingerprint density at radius 3 is 1.21 bits per heavy atom. The second-order valence-electron chi connectivity index (χ2n) is 11.6. The molecule has 0 saturated heterocycles. The summed E-state index contributed by atoms with van der Waals surface area (Å²) in [5.74, 6) is 0. The third-order valence-electron chi connectivity index (χ3n) is 9.46. The maximum atomic E-state index is 2.37. The topological polar surface area (TPSA) is 0 Å². The van der Waals surface area contributed by atoms with Crippen LogP contribution in [0.1, 0.15) is 11.1 Å². The summed E-state index contributed by atoms with van der Waals surface area (Å²) in [7, 11) is 0. The van der Waals surface area contributed by atoms with Gasteiger partial charge in [-0.25, -0.2) is 0 Å². The van der Waals surface area contributed by atoms with E-state index >= 15 is 0 Å².